The summed E-state index contributed by atoms with van der Waals surface area (Å²) in [4.78, 5) is 36.5. The first-order valence-corrected chi connectivity index (χ1v) is 12.5. The molecule has 3 aromatic rings. The van der Waals surface area contributed by atoms with Crippen molar-refractivity contribution in [2.75, 3.05) is 48.4 Å². The molecule has 2 amide bonds. The molecule has 2 N–H and O–H groups in total. The van der Waals surface area contributed by atoms with Crippen molar-refractivity contribution in [3.05, 3.63) is 53.2 Å². The summed E-state index contributed by atoms with van der Waals surface area (Å²) in [6, 6.07) is 10.5. The number of amides is 2. The highest BCUT2D eigenvalue weighted by atomic mass is 16.5. The molecular formula is C27H29N7O4. The lowest BCUT2D eigenvalue weighted by Gasteiger charge is -2.29. The summed E-state index contributed by atoms with van der Waals surface area (Å²) in [6.45, 7) is 8.60. The third-order valence-electron chi connectivity index (χ3n) is 6.36. The third kappa shape index (κ3) is 5.18. The summed E-state index contributed by atoms with van der Waals surface area (Å²) in [6.07, 6.45) is 0. The summed E-state index contributed by atoms with van der Waals surface area (Å²) in [7, 11) is 0. The highest BCUT2D eigenvalue weighted by Crippen LogP contribution is 2.35. The molecule has 0 saturated carbocycles. The molecule has 2 aliphatic heterocycles. The number of fused-ring (bicyclic) bond motifs is 1. The van der Waals surface area contributed by atoms with Gasteiger partial charge in [-0.25, -0.2) is 14.8 Å². The summed E-state index contributed by atoms with van der Waals surface area (Å²) >= 11 is 0. The number of ether oxygens (including phenoxy) is 2. The van der Waals surface area contributed by atoms with E-state index in [4.69, 9.17) is 14.5 Å². The Morgan fingerprint density at radius 3 is 2.53 bits per heavy atom. The second-order valence-electron chi connectivity index (χ2n) is 8.94. The summed E-state index contributed by atoms with van der Waals surface area (Å²) in [5.74, 6) is 1.17. The standard InChI is InChI=1S/C27H29N7O4/c1-4-38-24-23(17(3)35)31-25(32-26(24)34-11-13-37-14-12-34)18-5-8-20(9-6-18)29-27(36)30-21-10-7-19-15-28-33-22(19)16(21)2/h5-10H,4,11-15H2,1-3H3,(H2,29,30,36). The lowest BCUT2D eigenvalue weighted by Crippen LogP contribution is -2.37. The Labute approximate surface area is 220 Å². The first kappa shape index (κ1) is 25.3. The van der Waals surface area contributed by atoms with Crippen LogP contribution >= 0.6 is 0 Å². The zero-order valence-corrected chi connectivity index (χ0v) is 21.6. The minimum atomic E-state index is -0.374. The van der Waals surface area contributed by atoms with Crippen LogP contribution in [0.4, 0.5) is 27.7 Å². The minimum Gasteiger partial charge on any atom is -0.488 e. The highest BCUT2D eigenvalue weighted by Gasteiger charge is 2.25. The Morgan fingerprint density at radius 2 is 1.82 bits per heavy atom. The van der Waals surface area contributed by atoms with E-state index in [-0.39, 0.29) is 17.5 Å². The van der Waals surface area contributed by atoms with Crippen molar-refractivity contribution >= 4 is 34.7 Å². The summed E-state index contributed by atoms with van der Waals surface area (Å²) in [5, 5.41) is 13.9. The monoisotopic (exact) mass is 515 g/mol. The van der Waals surface area contributed by atoms with Crippen molar-refractivity contribution in [3.8, 4) is 17.1 Å². The maximum absolute atomic E-state index is 12.7. The van der Waals surface area contributed by atoms with Gasteiger partial charge in [0.15, 0.2) is 28.9 Å². The molecule has 196 valence electrons. The molecule has 0 radical (unpaired) electrons. The van der Waals surface area contributed by atoms with Crippen molar-refractivity contribution in [3.63, 3.8) is 0 Å². The van der Waals surface area contributed by atoms with Gasteiger partial charge in [0, 0.05) is 48.1 Å². The maximum Gasteiger partial charge on any atom is 0.323 e. The van der Waals surface area contributed by atoms with Gasteiger partial charge in [-0.1, -0.05) is 6.07 Å². The minimum absolute atomic E-state index is 0.204. The van der Waals surface area contributed by atoms with Gasteiger partial charge in [-0.3, -0.25) is 4.79 Å². The molecule has 2 aliphatic rings. The molecular weight excluding hydrogens is 486 g/mol. The summed E-state index contributed by atoms with van der Waals surface area (Å²) < 4.78 is 11.3. The SMILES string of the molecule is CCOc1c(C(C)=O)nc(-c2ccc(NC(=O)Nc3ccc4c(c3C)N=NC4)cc2)nc1N1CCOCC1. The molecule has 38 heavy (non-hydrogen) atoms. The van der Waals surface area contributed by atoms with Crippen LogP contribution in [0, 0.1) is 6.92 Å². The molecule has 2 aromatic carbocycles. The number of rotatable bonds is 7. The van der Waals surface area contributed by atoms with Crippen molar-refractivity contribution in [2.24, 2.45) is 10.2 Å². The lowest BCUT2D eigenvalue weighted by atomic mass is 10.1. The van der Waals surface area contributed by atoms with Crippen LogP contribution in [0.3, 0.4) is 0 Å². The quantitative estimate of drug-likeness (QED) is 0.417. The number of Topliss-reactive ketones (excluding diaryl/α,β-unsaturated/α-hetero) is 1. The molecule has 5 rings (SSSR count). The van der Waals surface area contributed by atoms with Gasteiger partial charge in [0.05, 0.1) is 32.1 Å². The Balaban J connectivity index is 1.37. The molecule has 0 aliphatic carbocycles. The number of azo groups is 1. The van der Waals surface area contributed by atoms with E-state index in [1.54, 1.807) is 24.3 Å². The van der Waals surface area contributed by atoms with Gasteiger partial charge < -0.3 is 25.0 Å². The van der Waals surface area contributed by atoms with Crippen LogP contribution < -0.4 is 20.3 Å². The van der Waals surface area contributed by atoms with Gasteiger partial charge in [-0.2, -0.15) is 10.2 Å². The Bertz CT molecular complexity index is 1400. The van der Waals surface area contributed by atoms with E-state index in [0.29, 0.717) is 73.8 Å². The number of urea groups is 1. The predicted octanol–water partition coefficient (Wildman–Crippen LogP) is 5.13. The van der Waals surface area contributed by atoms with Gasteiger partial charge in [0.2, 0.25) is 0 Å². The molecule has 11 heteroatoms. The number of anilines is 3. The Morgan fingerprint density at radius 1 is 1.05 bits per heavy atom. The van der Waals surface area contributed by atoms with E-state index in [1.807, 2.05) is 26.0 Å². The molecule has 0 atom stereocenters. The van der Waals surface area contributed by atoms with E-state index < -0.39 is 0 Å². The van der Waals surface area contributed by atoms with Gasteiger partial charge in [-0.05, 0) is 44.2 Å². The second kappa shape index (κ2) is 10.9. The predicted molar refractivity (Wildman–Crippen MR) is 144 cm³/mol. The number of aromatic nitrogens is 2. The second-order valence-corrected chi connectivity index (χ2v) is 8.94. The molecule has 0 unspecified atom stereocenters. The molecule has 1 aromatic heterocycles. The topological polar surface area (TPSA) is 130 Å². The number of carbonyl (C=O) groups excluding carboxylic acids is 2. The van der Waals surface area contributed by atoms with Crippen LogP contribution in [-0.2, 0) is 11.3 Å². The van der Waals surface area contributed by atoms with Crippen LogP contribution in [0.5, 0.6) is 5.75 Å². The number of hydrogen-bond acceptors (Lipinski definition) is 9. The fraction of sp³-hybridized carbons (Fsp3) is 0.333. The smallest absolute Gasteiger partial charge is 0.323 e. The van der Waals surface area contributed by atoms with Crippen LogP contribution in [0.2, 0.25) is 0 Å². The van der Waals surface area contributed by atoms with E-state index in [2.05, 4.69) is 30.7 Å². The van der Waals surface area contributed by atoms with E-state index in [1.165, 1.54) is 6.92 Å². The molecule has 1 fully saturated rings. The molecule has 0 spiro atoms. The number of nitrogens with zero attached hydrogens (tertiary/aromatic N) is 5. The van der Waals surface area contributed by atoms with Gasteiger partial charge >= 0.3 is 6.03 Å². The first-order chi connectivity index (χ1) is 18.4. The zero-order chi connectivity index (χ0) is 26.6. The average Bonchev–Trinajstić information content (AvgIpc) is 3.41. The van der Waals surface area contributed by atoms with Crippen LogP contribution in [0.15, 0.2) is 46.6 Å². The van der Waals surface area contributed by atoms with Gasteiger partial charge in [-0.15, -0.1) is 0 Å². The largest absolute Gasteiger partial charge is 0.488 e. The number of carbonyl (C=O) groups is 2. The molecule has 0 bridgehead atoms. The maximum atomic E-state index is 12.7. The van der Waals surface area contributed by atoms with E-state index >= 15 is 0 Å². The number of ketones is 1. The van der Waals surface area contributed by atoms with Crippen LogP contribution in [0.1, 0.15) is 35.5 Å². The number of benzene rings is 2. The molecule has 1 saturated heterocycles. The first-order valence-electron chi connectivity index (χ1n) is 12.5. The zero-order valence-electron chi connectivity index (χ0n) is 21.6. The number of hydrogen-bond donors (Lipinski definition) is 2. The van der Waals surface area contributed by atoms with Crippen LogP contribution in [-0.4, -0.2) is 54.7 Å². The lowest BCUT2D eigenvalue weighted by molar-refractivity contribution is 0.100. The van der Waals surface area contributed by atoms with Crippen molar-refractivity contribution in [1.29, 1.82) is 0 Å². The van der Waals surface area contributed by atoms with Crippen molar-refractivity contribution < 1.29 is 19.1 Å². The van der Waals surface area contributed by atoms with E-state index in [0.717, 1.165) is 16.8 Å². The normalized spacial score (nSPS) is 14.2. The average molecular weight is 516 g/mol. The fourth-order valence-electron chi connectivity index (χ4n) is 4.40. The molecule has 11 nitrogen and oxygen atoms in total. The molecule has 3 heterocycles. The number of morpholine rings is 1. The highest BCUT2D eigenvalue weighted by molar-refractivity contribution is 6.01. The fourth-order valence-corrected chi connectivity index (χ4v) is 4.40. The van der Waals surface area contributed by atoms with Crippen LogP contribution in [0.25, 0.3) is 11.4 Å². The van der Waals surface area contributed by atoms with Crippen molar-refractivity contribution in [2.45, 2.75) is 27.3 Å². The third-order valence-corrected chi connectivity index (χ3v) is 6.36. The van der Waals surface area contributed by atoms with Gasteiger partial charge in [0.25, 0.3) is 0 Å². The van der Waals surface area contributed by atoms with Gasteiger partial charge in [0.1, 0.15) is 0 Å². The Kier molecular flexibility index (Phi) is 7.27. The van der Waals surface area contributed by atoms with Crippen molar-refractivity contribution in [1.82, 2.24) is 9.97 Å². The summed E-state index contributed by atoms with van der Waals surface area (Å²) in [5.41, 5.74) is 4.94. The Hall–Kier alpha value is -4.38. The number of nitrogens with one attached hydrogen (secondary N) is 2. The van der Waals surface area contributed by atoms with E-state index in [9.17, 15) is 9.59 Å².